The lowest BCUT2D eigenvalue weighted by molar-refractivity contribution is -0.137. The van der Waals surface area contributed by atoms with Gasteiger partial charge in [0.2, 0.25) is 5.75 Å². The minimum atomic E-state index is 0.186. The molecular formula is C8H14N2O2. The summed E-state index contributed by atoms with van der Waals surface area (Å²) in [5.41, 5.74) is 6.13. The van der Waals surface area contributed by atoms with E-state index in [-0.39, 0.29) is 11.6 Å². The molecule has 0 amide bonds. The van der Waals surface area contributed by atoms with E-state index in [1.807, 2.05) is 13.8 Å². The van der Waals surface area contributed by atoms with Crippen molar-refractivity contribution in [3.8, 4) is 5.75 Å². The van der Waals surface area contributed by atoms with Gasteiger partial charge in [-0.1, -0.05) is 13.8 Å². The van der Waals surface area contributed by atoms with Gasteiger partial charge in [-0.25, -0.2) is 10.2 Å². The van der Waals surface area contributed by atoms with Gasteiger partial charge in [0.15, 0.2) is 5.82 Å². The monoisotopic (exact) mass is 170 g/mol. The van der Waals surface area contributed by atoms with Crippen molar-refractivity contribution in [3.05, 3.63) is 17.8 Å². The van der Waals surface area contributed by atoms with E-state index in [0.29, 0.717) is 0 Å². The zero-order chi connectivity index (χ0) is 9.56. The molecule has 0 aliphatic carbocycles. The highest BCUT2D eigenvalue weighted by Gasteiger charge is 1.99. The van der Waals surface area contributed by atoms with Gasteiger partial charge in [0.25, 0.3) is 0 Å². The second kappa shape index (κ2) is 5.37. The number of rotatable bonds is 1. The smallest absolute Gasteiger partial charge is 0.207 e. The van der Waals surface area contributed by atoms with Gasteiger partial charge in [-0.2, -0.15) is 0 Å². The molecule has 0 bridgehead atoms. The van der Waals surface area contributed by atoms with Crippen LogP contribution >= 0.6 is 0 Å². The minimum absolute atomic E-state index is 0.186. The molecule has 68 valence electrons. The summed E-state index contributed by atoms with van der Waals surface area (Å²) in [5.74, 6) is 0.383. The van der Waals surface area contributed by atoms with Crippen molar-refractivity contribution in [2.45, 2.75) is 20.8 Å². The lowest BCUT2D eigenvalue weighted by atomic mass is 10.3. The van der Waals surface area contributed by atoms with E-state index in [1.165, 1.54) is 0 Å². The number of aryl methyl sites for hydroxylation is 1. The van der Waals surface area contributed by atoms with Crippen molar-refractivity contribution in [2.24, 2.45) is 0 Å². The van der Waals surface area contributed by atoms with Gasteiger partial charge >= 0.3 is 0 Å². The summed E-state index contributed by atoms with van der Waals surface area (Å²) < 4.78 is 0. The molecule has 12 heavy (non-hydrogen) atoms. The molecule has 0 saturated carbocycles. The predicted octanol–water partition coefficient (Wildman–Crippen LogP) is 1.85. The van der Waals surface area contributed by atoms with Crippen LogP contribution in [0.3, 0.4) is 0 Å². The maximum atomic E-state index is 8.19. The molecule has 0 unspecified atom stereocenters. The molecule has 1 aromatic heterocycles. The SMILES string of the molecule is CC.Cc1ccc(OO)c(N)n1. The van der Waals surface area contributed by atoms with E-state index in [1.54, 1.807) is 19.1 Å². The summed E-state index contributed by atoms with van der Waals surface area (Å²) in [4.78, 5) is 7.75. The fourth-order valence-corrected chi connectivity index (χ4v) is 0.641. The highest BCUT2D eigenvalue weighted by Crippen LogP contribution is 2.16. The zero-order valence-electron chi connectivity index (χ0n) is 7.53. The van der Waals surface area contributed by atoms with Crippen molar-refractivity contribution in [1.82, 2.24) is 4.98 Å². The van der Waals surface area contributed by atoms with Gasteiger partial charge in [-0.05, 0) is 19.1 Å². The second-order valence-corrected chi connectivity index (χ2v) is 1.93. The third-order valence-electron chi connectivity index (χ3n) is 1.12. The van der Waals surface area contributed by atoms with Gasteiger partial charge in [0, 0.05) is 5.69 Å². The highest BCUT2D eigenvalue weighted by atomic mass is 17.1. The Morgan fingerprint density at radius 1 is 1.42 bits per heavy atom. The van der Waals surface area contributed by atoms with Crippen LogP contribution in [0.5, 0.6) is 5.75 Å². The topological polar surface area (TPSA) is 68.4 Å². The van der Waals surface area contributed by atoms with E-state index < -0.39 is 0 Å². The molecular weight excluding hydrogens is 156 g/mol. The summed E-state index contributed by atoms with van der Waals surface area (Å²) in [6, 6.07) is 3.25. The summed E-state index contributed by atoms with van der Waals surface area (Å²) in [5, 5.41) is 8.19. The minimum Gasteiger partial charge on any atom is -0.380 e. The van der Waals surface area contributed by atoms with Crippen LogP contribution in [-0.2, 0) is 0 Å². The number of nitrogen functional groups attached to an aromatic ring is 1. The number of anilines is 1. The number of nitrogens with two attached hydrogens (primary N) is 1. The number of hydrogen-bond acceptors (Lipinski definition) is 4. The molecule has 0 aliphatic rings. The number of aromatic nitrogens is 1. The first-order valence-corrected chi connectivity index (χ1v) is 3.78. The number of pyridine rings is 1. The third-order valence-corrected chi connectivity index (χ3v) is 1.12. The first-order valence-electron chi connectivity index (χ1n) is 3.78. The molecule has 4 nitrogen and oxygen atoms in total. The molecule has 0 radical (unpaired) electrons. The summed E-state index contributed by atoms with van der Waals surface area (Å²) in [6.45, 7) is 5.80. The van der Waals surface area contributed by atoms with Crippen molar-refractivity contribution in [3.63, 3.8) is 0 Å². The average molecular weight is 170 g/mol. The van der Waals surface area contributed by atoms with E-state index >= 15 is 0 Å². The molecule has 1 aromatic rings. The summed E-state index contributed by atoms with van der Waals surface area (Å²) in [7, 11) is 0. The Morgan fingerprint density at radius 3 is 2.42 bits per heavy atom. The van der Waals surface area contributed by atoms with Gasteiger partial charge in [0.1, 0.15) is 0 Å². The van der Waals surface area contributed by atoms with Gasteiger partial charge in [-0.15, -0.1) is 0 Å². The summed E-state index contributed by atoms with van der Waals surface area (Å²) >= 11 is 0. The second-order valence-electron chi connectivity index (χ2n) is 1.93. The van der Waals surface area contributed by atoms with Crippen molar-refractivity contribution < 1.29 is 10.1 Å². The first-order chi connectivity index (χ1) is 5.74. The van der Waals surface area contributed by atoms with Crippen LogP contribution in [0.2, 0.25) is 0 Å². The lowest BCUT2D eigenvalue weighted by Gasteiger charge is -1.99. The van der Waals surface area contributed by atoms with E-state index in [0.717, 1.165) is 5.69 Å². The zero-order valence-corrected chi connectivity index (χ0v) is 7.53. The number of nitrogens with zero attached hydrogens (tertiary/aromatic N) is 1. The molecule has 0 fully saturated rings. The molecule has 3 N–H and O–H groups in total. The maximum absolute atomic E-state index is 8.19. The molecule has 0 spiro atoms. The fourth-order valence-electron chi connectivity index (χ4n) is 0.641. The van der Waals surface area contributed by atoms with Gasteiger partial charge in [-0.3, -0.25) is 0 Å². The van der Waals surface area contributed by atoms with Crippen LogP contribution in [-0.4, -0.2) is 10.2 Å². The van der Waals surface area contributed by atoms with Crippen LogP contribution in [0, 0.1) is 6.92 Å². The third kappa shape index (κ3) is 2.75. The Hall–Kier alpha value is -1.29. The number of hydrogen-bond donors (Lipinski definition) is 2. The molecule has 4 heteroatoms. The normalized spacial score (nSPS) is 8.33. The van der Waals surface area contributed by atoms with Crippen LogP contribution in [0.4, 0.5) is 5.82 Å². The van der Waals surface area contributed by atoms with Crippen LogP contribution in [0.15, 0.2) is 12.1 Å². The Balaban J connectivity index is 0.000000561. The fraction of sp³-hybridized carbons (Fsp3) is 0.375. The highest BCUT2D eigenvalue weighted by molar-refractivity contribution is 5.45. The van der Waals surface area contributed by atoms with Crippen molar-refractivity contribution in [1.29, 1.82) is 0 Å². The lowest BCUT2D eigenvalue weighted by Crippen LogP contribution is -1.96. The Morgan fingerprint density at radius 2 is 2.00 bits per heavy atom. The van der Waals surface area contributed by atoms with Crippen LogP contribution < -0.4 is 10.6 Å². The Labute approximate surface area is 71.9 Å². The standard InChI is InChI=1S/C6H8N2O2.C2H6/c1-4-2-3-5(10-9)6(7)8-4;1-2/h2-3,9H,1H3,(H2,7,8);1-2H3. The maximum Gasteiger partial charge on any atom is 0.207 e. The van der Waals surface area contributed by atoms with Gasteiger partial charge in [0.05, 0.1) is 0 Å². The average Bonchev–Trinajstić information content (AvgIpc) is 2.08. The Kier molecular flexibility index (Phi) is 4.79. The molecule has 0 aliphatic heterocycles. The largest absolute Gasteiger partial charge is 0.380 e. The first kappa shape index (κ1) is 10.7. The van der Waals surface area contributed by atoms with Gasteiger partial charge < -0.3 is 10.6 Å². The Bertz CT molecular complexity index is 238. The molecule has 0 saturated heterocycles. The summed E-state index contributed by atoms with van der Waals surface area (Å²) in [6.07, 6.45) is 0. The predicted molar refractivity (Wildman–Crippen MR) is 48.0 cm³/mol. The van der Waals surface area contributed by atoms with Crippen LogP contribution in [0.1, 0.15) is 19.5 Å². The van der Waals surface area contributed by atoms with E-state index in [4.69, 9.17) is 11.0 Å². The van der Waals surface area contributed by atoms with E-state index in [9.17, 15) is 0 Å². The molecule has 1 heterocycles. The molecule has 0 atom stereocenters. The van der Waals surface area contributed by atoms with Crippen molar-refractivity contribution in [2.75, 3.05) is 5.73 Å². The van der Waals surface area contributed by atoms with Crippen molar-refractivity contribution >= 4 is 5.82 Å². The van der Waals surface area contributed by atoms with E-state index in [2.05, 4.69) is 9.87 Å². The molecule has 0 aromatic carbocycles. The quantitative estimate of drug-likeness (QED) is 0.498. The van der Waals surface area contributed by atoms with Crippen LogP contribution in [0.25, 0.3) is 0 Å². The molecule has 1 rings (SSSR count).